The molecule has 1 aliphatic heterocycles. The first-order valence-electron chi connectivity index (χ1n) is 12.1. The molecule has 41 heavy (non-hydrogen) atoms. The molecule has 1 aliphatic rings. The van der Waals surface area contributed by atoms with Crippen LogP contribution in [-0.4, -0.2) is 67.1 Å². The van der Waals surface area contributed by atoms with Crippen molar-refractivity contribution in [1.82, 2.24) is 30.1 Å². The normalized spacial score (nSPS) is 13.6. The van der Waals surface area contributed by atoms with E-state index in [0.717, 1.165) is 40.1 Å². The number of benzene rings is 2. The summed E-state index contributed by atoms with van der Waals surface area (Å²) in [5.74, 6) is -0.561. The summed E-state index contributed by atoms with van der Waals surface area (Å²) in [6.07, 6.45) is -4.79. The van der Waals surface area contributed by atoms with Gasteiger partial charge in [0.1, 0.15) is 5.75 Å². The number of halogens is 3. The molecule has 1 N–H and O–H groups in total. The molecule has 3 heterocycles. The van der Waals surface area contributed by atoms with Gasteiger partial charge >= 0.3 is 6.36 Å². The predicted molar refractivity (Wildman–Crippen MR) is 140 cm³/mol. The number of nitrogens with zero attached hydrogens (tertiary/aromatic N) is 5. The molecule has 1 fully saturated rings. The quantitative estimate of drug-likeness (QED) is 0.305. The number of hydrogen-bond donors (Lipinski definition) is 1. The Morgan fingerprint density at radius 3 is 2.63 bits per heavy atom. The molecule has 15 heteroatoms. The van der Waals surface area contributed by atoms with Crippen molar-refractivity contribution in [3.05, 3.63) is 71.4 Å². The van der Waals surface area contributed by atoms with Crippen molar-refractivity contribution in [3.63, 3.8) is 0 Å². The van der Waals surface area contributed by atoms with Crippen molar-refractivity contribution < 1.29 is 36.8 Å². The van der Waals surface area contributed by atoms with Gasteiger partial charge in [0, 0.05) is 29.9 Å². The second-order valence-electron chi connectivity index (χ2n) is 8.88. The Labute approximate surface area is 234 Å². The fourth-order valence-corrected chi connectivity index (χ4v) is 4.74. The third-order valence-corrected chi connectivity index (χ3v) is 6.81. The van der Waals surface area contributed by atoms with Crippen LogP contribution in [0.25, 0.3) is 23.0 Å². The molecule has 5 rings (SSSR count). The summed E-state index contributed by atoms with van der Waals surface area (Å²) >= 11 is 0.942. The van der Waals surface area contributed by atoms with Gasteiger partial charge in [-0.1, -0.05) is 29.1 Å². The summed E-state index contributed by atoms with van der Waals surface area (Å²) < 4.78 is 48.1. The van der Waals surface area contributed by atoms with Crippen LogP contribution >= 0.6 is 11.8 Å². The number of aryl methyl sites for hydroxylation is 1. The number of rotatable bonds is 9. The molecule has 0 unspecified atom stereocenters. The summed E-state index contributed by atoms with van der Waals surface area (Å²) in [4.78, 5) is 41.4. The molecule has 3 amide bonds. The highest BCUT2D eigenvalue weighted by atomic mass is 32.2. The molecule has 0 saturated carbocycles. The van der Waals surface area contributed by atoms with Crippen LogP contribution in [0.4, 0.5) is 18.0 Å². The Hall–Kier alpha value is -4.66. The lowest BCUT2D eigenvalue weighted by atomic mass is 10.1. The zero-order chi connectivity index (χ0) is 29.1. The molecule has 2 aromatic heterocycles. The van der Waals surface area contributed by atoms with Crippen LogP contribution in [0.5, 0.6) is 5.75 Å². The highest BCUT2D eigenvalue weighted by Gasteiger charge is 2.31. The van der Waals surface area contributed by atoms with E-state index < -0.39 is 6.36 Å². The summed E-state index contributed by atoms with van der Waals surface area (Å²) in [6, 6.07) is 13.8. The molecule has 0 bridgehead atoms. The molecule has 0 atom stereocenters. The van der Waals surface area contributed by atoms with E-state index in [2.05, 4.69) is 25.3 Å². The van der Waals surface area contributed by atoms with Crippen LogP contribution < -0.4 is 10.1 Å². The molecule has 1 saturated heterocycles. The zero-order valence-corrected chi connectivity index (χ0v) is 22.2. The van der Waals surface area contributed by atoms with Gasteiger partial charge in [0.15, 0.2) is 5.69 Å². The van der Waals surface area contributed by atoms with Crippen LogP contribution in [-0.2, 0) is 11.3 Å². The molecule has 11 nitrogen and oxygen atoms in total. The Balaban J connectivity index is 1.22. The van der Waals surface area contributed by atoms with E-state index in [1.54, 1.807) is 28.9 Å². The fraction of sp³-hybridized carbons (Fsp3) is 0.231. The maximum atomic E-state index is 12.6. The summed E-state index contributed by atoms with van der Waals surface area (Å²) in [6.45, 7) is 2.42. The number of nitrogens with one attached hydrogen (secondary N) is 1. The number of amides is 3. The van der Waals surface area contributed by atoms with Gasteiger partial charge < -0.3 is 14.6 Å². The number of aromatic nitrogens is 4. The number of ether oxygens (including phenoxy) is 1. The molecular formula is C26H21F3N6O5S. The first-order chi connectivity index (χ1) is 19.6. The Morgan fingerprint density at radius 2 is 1.93 bits per heavy atom. The van der Waals surface area contributed by atoms with Crippen molar-refractivity contribution in [2.45, 2.75) is 19.8 Å². The lowest BCUT2D eigenvalue weighted by molar-refractivity contribution is -0.274. The van der Waals surface area contributed by atoms with Crippen LogP contribution in [0, 0.1) is 6.92 Å². The van der Waals surface area contributed by atoms with E-state index in [0.29, 0.717) is 23.4 Å². The lowest BCUT2D eigenvalue weighted by Gasteiger charge is -2.13. The van der Waals surface area contributed by atoms with Gasteiger partial charge in [0.25, 0.3) is 17.0 Å². The molecule has 4 aromatic rings. The van der Waals surface area contributed by atoms with E-state index in [1.807, 2.05) is 13.0 Å². The maximum absolute atomic E-state index is 12.6. The Bertz CT molecular complexity index is 1590. The number of hydrogen-bond acceptors (Lipinski definition) is 9. The largest absolute Gasteiger partial charge is 0.573 e. The van der Waals surface area contributed by atoms with Crippen molar-refractivity contribution in [1.29, 1.82) is 0 Å². The SMILES string of the molecule is Cc1cc(-c2nc(-c3ccc(OC(F)(F)F)cc3)no2)nn1Cc1cccc(C(=O)NCCN2C(=O)CSC2=O)c1. The molecule has 0 radical (unpaired) electrons. The minimum Gasteiger partial charge on any atom is -0.406 e. The van der Waals surface area contributed by atoms with Gasteiger partial charge in [-0.25, -0.2) is 0 Å². The predicted octanol–water partition coefficient (Wildman–Crippen LogP) is 4.28. The third-order valence-electron chi connectivity index (χ3n) is 5.96. The summed E-state index contributed by atoms with van der Waals surface area (Å²) in [5.41, 5.74) is 2.81. The topological polar surface area (TPSA) is 132 Å². The van der Waals surface area contributed by atoms with Crippen molar-refractivity contribution in [2.24, 2.45) is 0 Å². The van der Waals surface area contributed by atoms with Gasteiger partial charge in [0.2, 0.25) is 11.7 Å². The third kappa shape index (κ3) is 6.74. The second-order valence-corrected chi connectivity index (χ2v) is 9.81. The molecule has 0 aliphatic carbocycles. The van der Waals surface area contributed by atoms with Crippen LogP contribution in [0.2, 0.25) is 0 Å². The molecular weight excluding hydrogens is 565 g/mol. The van der Waals surface area contributed by atoms with Crippen LogP contribution in [0.15, 0.2) is 59.1 Å². The average Bonchev–Trinajstić information content (AvgIpc) is 3.64. The zero-order valence-electron chi connectivity index (χ0n) is 21.3. The average molecular weight is 587 g/mol. The minimum atomic E-state index is -4.79. The summed E-state index contributed by atoms with van der Waals surface area (Å²) in [5, 5.41) is 10.8. The standard InChI is InChI=1S/C26H21F3N6O5S/c1-15-11-20(24-31-22(33-40-24)17-5-7-19(8-6-17)39-26(27,28)29)32-35(15)13-16-3-2-4-18(12-16)23(37)30-9-10-34-21(36)14-41-25(34)38/h2-8,11-12H,9-10,13-14H2,1H3,(H,30,37). The molecule has 0 spiro atoms. The number of carbonyl (C=O) groups is 3. The maximum Gasteiger partial charge on any atom is 0.573 e. The number of thioether (sulfide) groups is 1. The fourth-order valence-electron chi connectivity index (χ4n) is 3.99. The first-order valence-corrected chi connectivity index (χ1v) is 13.1. The van der Waals surface area contributed by atoms with E-state index in [1.165, 1.54) is 12.1 Å². The first kappa shape index (κ1) is 27.9. The van der Waals surface area contributed by atoms with Crippen molar-refractivity contribution in [3.8, 4) is 28.7 Å². The van der Waals surface area contributed by atoms with E-state index in [4.69, 9.17) is 4.52 Å². The van der Waals surface area contributed by atoms with Crippen LogP contribution in [0.1, 0.15) is 21.6 Å². The number of imide groups is 1. The number of carbonyl (C=O) groups excluding carboxylic acids is 3. The second kappa shape index (κ2) is 11.4. The van der Waals surface area contributed by atoms with E-state index in [9.17, 15) is 27.6 Å². The van der Waals surface area contributed by atoms with Gasteiger partial charge in [-0.15, -0.1) is 13.2 Å². The Kier molecular flexibility index (Phi) is 7.79. The van der Waals surface area contributed by atoms with Gasteiger partial charge in [0.05, 0.1) is 12.3 Å². The molecule has 212 valence electrons. The van der Waals surface area contributed by atoms with Gasteiger partial charge in [-0.2, -0.15) is 10.1 Å². The van der Waals surface area contributed by atoms with E-state index >= 15 is 0 Å². The Morgan fingerprint density at radius 1 is 1.15 bits per heavy atom. The van der Waals surface area contributed by atoms with E-state index in [-0.39, 0.29) is 53.4 Å². The highest BCUT2D eigenvalue weighted by Crippen LogP contribution is 2.27. The van der Waals surface area contributed by atoms with Gasteiger partial charge in [-0.3, -0.25) is 24.0 Å². The van der Waals surface area contributed by atoms with Gasteiger partial charge in [-0.05, 0) is 55.0 Å². The van der Waals surface area contributed by atoms with Crippen molar-refractivity contribution in [2.75, 3.05) is 18.8 Å². The lowest BCUT2D eigenvalue weighted by Crippen LogP contribution is -2.37. The summed E-state index contributed by atoms with van der Waals surface area (Å²) in [7, 11) is 0. The monoisotopic (exact) mass is 586 g/mol. The van der Waals surface area contributed by atoms with Crippen molar-refractivity contribution >= 4 is 28.8 Å². The number of alkyl halides is 3. The van der Waals surface area contributed by atoms with Crippen LogP contribution in [0.3, 0.4) is 0 Å². The smallest absolute Gasteiger partial charge is 0.406 e. The molecule has 2 aromatic carbocycles. The minimum absolute atomic E-state index is 0.112. The highest BCUT2D eigenvalue weighted by molar-refractivity contribution is 8.14.